The number of carboxylic acid groups (broad SMARTS) is 1. The Morgan fingerprint density at radius 2 is 2.12 bits per heavy atom. The van der Waals surface area contributed by atoms with Gasteiger partial charge in [-0.15, -0.1) is 11.3 Å². The second-order valence-electron chi connectivity index (χ2n) is 4.83. The molecule has 0 amide bonds. The van der Waals surface area contributed by atoms with Gasteiger partial charge in [-0.1, -0.05) is 6.07 Å². The van der Waals surface area contributed by atoms with Crippen molar-refractivity contribution < 1.29 is 19.1 Å². The minimum Gasteiger partial charge on any atom is -0.497 e. The first kappa shape index (κ1) is 16.4. The summed E-state index contributed by atoms with van der Waals surface area (Å²) in [5, 5.41) is 9.84. The van der Waals surface area contributed by atoms with Crippen LogP contribution in [-0.4, -0.2) is 25.2 Å². The van der Waals surface area contributed by atoms with Crippen LogP contribution in [0.5, 0.6) is 5.75 Å². The number of carboxylic acids is 1. The molecule has 2 aromatic heterocycles. The van der Waals surface area contributed by atoms with Crippen molar-refractivity contribution in [3.63, 3.8) is 0 Å². The number of hydrogen-bond acceptors (Lipinski definition) is 7. The smallest absolute Gasteiger partial charge is 0.351 e. The number of carbonyl (C=O) groups is 1. The van der Waals surface area contributed by atoms with Crippen LogP contribution in [0.2, 0.25) is 0 Å². The molecule has 0 unspecified atom stereocenters. The first-order valence-electron chi connectivity index (χ1n) is 6.84. The van der Waals surface area contributed by atoms with Crippen molar-refractivity contribution in [2.75, 3.05) is 18.5 Å². The topological polar surface area (TPSA) is 80.0 Å². The quantitative estimate of drug-likeness (QED) is 0.692. The number of benzene rings is 1. The summed E-state index contributed by atoms with van der Waals surface area (Å²) < 4.78 is 12.8. The van der Waals surface area contributed by atoms with Gasteiger partial charge in [0.05, 0.1) is 11.8 Å². The SMILES string of the molecule is COc1cccc(SN(C)c2cc3oc(=O)c(C(=O)O)cc3s2)c1. The molecule has 0 spiro atoms. The molecule has 0 aliphatic carbocycles. The standard InChI is InChI=1S/C16H13NO5S2/c1-17(24-10-5-3-4-9(6-10)21-2)14-8-12-13(23-14)7-11(15(18)19)16(20)22-12/h3-8H,1-2H3,(H,18,19). The average molecular weight is 363 g/mol. The molecule has 2 heterocycles. The molecule has 3 rings (SSSR count). The molecule has 1 aromatic carbocycles. The lowest BCUT2D eigenvalue weighted by Gasteiger charge is -2.15. The third kappa shape index (κ3) is 3.24. The van der Waals surface area contributed by atoms with E-state index in [9.17, 15) is 9.59 Å². The van der Waals surface area contributed by atoms with Gasteiger partial charge in [0.15, 0.2) is 5.58 Å². The molecule has 0 bridgehead atoms. The minimum absolute atomic E-state index is 0.362. The van der Waals surface area contributed by atoms with Crippen LogP contribution in [0.4, 0.5) is 5.00 Å². The van der Waals surface area contributed by atoms with Gasteiger partial charge >= 0.3 is 11.6 Å². The number of nitrogens with zero attached hydrogens (tertiary/aromatic N) is 1. The fourth-order valence-electron chi connectivity index (χ4n) is 2.07. The van der Waals surface area contributed by atoms with Crippen molar-refractivity contribution in [1.29, 1.82) is 0 Å². The van der Waals surface area contributed by atoms with Gasteiger partial charge in [0, 0.05) is 18.0 Å². The second kappa shape index (κ2) is 6.58. The highest BCUT2D eigenvalue weighted by molar-refractivity contribution is 8.00. The normalized spacial score (nSPS) is 10.8. The van der Waals surface area contributed by atoms with E-state index >= 15 is 0 Å². The summed E-state index contributed by atoms with van der Waals surface area (Å²) in [6.45, 7) is 0. The molecule has 0 saturated carbocycles. The predicted octanol–water partition coefficient (Wildman–Crippen LogP) is 3.70. The molecule has 3 aromatic rings. The molecule has 24 heavy (non-hydrogen) atoms. The Bertz CT molecular complexity index is 963. The third-order valence-corrected chi connectivity index (χ3v) is 5.42. The van der Waals surface area contributed by atoms with Crippen LogP contribution in [0.15, 0.2) is 50.5 Å². The lowest BCUT2D eigenvalue weighted by atomic mass is 10.3. The molecule has 8 heteroatoms. The molecule has 0 aliphatic heterocycles. The zero-order valence-corrected chi connectivity index (χ0v) is 14.4. The Hall–Kier alpha value is -2.45. The summed E-state index contributed by atoms with van der Waals surface area (Å²) in [6.07, 6.45) is 0. The van der Waals surface area contributed by atoms with E-state index in [1.165, 1.54) is 29.4 Å². The van der Waals surface area contributed by atoms with Crippen LogP contribution < -0.4 is 14.7 Å². The molecule has 0 radical (unpaired) electrons. The number of methoxy groups -OCH3 is 1. The van der Waals surface area contributed by atoms with E-state index in [-0.39, 0.29) is 5.56 Å². The Morgan fingerprint density at radius 1 is 1.33 bits per heavy atom. The van der Waals surface area contributed by atoms with Crippen LogP contribution in [0.1, 0.15) is 10.4 Å². The van der Waals surface area contributed by atoms with E-state index in [1.807, 2.05) is 35.6 Å². The van der Waals surface area contributed by atoms with Crippen molar-refractivity contribution in [1.82, 2.24) is 0 Å². The van der Waals surface area contributed by atoms with Crippen LogP contribution in [0.25, 0.3) is 10.3 Å². The Morgan fingerprint density at radius 3 is 2.83 bits per heavy atom. The highest BCUT2D eigenvalue weighted by Gasteiger charge is 2.16. The van der Waals surface area contributed by atoms with E-state index in [0.717, 1.165) is 15.6 Å². The van der Waals surface area contributed by atoms with Gasteiger partial charge in [0.2, 0.25) is 0 Å². The summed E-state index contributed by atoms with van der Waals surface area (Å²) in [5.41, 5.74) is -0.829. The van der Waals surface area contributed by atoms with Gasteiger partial charge in [-0.2, -0.15) is 0 Å². The highest BCUT2D eigenvalue weighted by atomic mass is 32.2. The molecule has 0 aliphatic rings. The van der Waals surface area contributed by atoms with E-state index in [4.69, 9.17) is 14.3 Å². The number of thiophene rings is 1. The highest BCUT2D eigenvalue weighted by Crippen LogP contribution is 2.37. The number of hydrogen-bond donors (Lipinski definition) is 1. The maximum Gasteiger partial charge on any atom is 0.351 e. The number of ether oxygens (including phenoxy) is 1. The van der Waals surface area contributed by atoms with E-state index < -0.39 is 11.6 Å². The summed E-state index contributed by atoms with van der Waals surface area (Å²) in [7, 11) is 3.49. The van der Waals surface area contributed by atoms with Gasteiger partial charge in [-0.3, -0.25) is 0 Å². The molecule has 6 nitrogen and oxygen atoms in total. The second-order valence-corrected chi connectivity index (χ2v) is 7.10. The zero-order chi connectivity index (χ0) is 17.3. The largest absolute Gasteiger partial charge is 0.497 e. The van der Waals surface area contributed by atoms with E-state index in [0.29, 0.717) is 10.3 Å². The van der Waals surface area contributed by atoms with Crippen molar-refractivity contribution in [3.8, 4) is 5.75 Å². The molecule has 0 fully saturated rings. The molecule has 0 saturated heterocycles. The number of fused-ring (bicyclic) bond motifs is 1. The lowest BCUT2D eigenvalue weighted by molar-refractivity contribution is 0.0692. The van der Waals surface area contributed by atoms with Crippen LogP contribution in [0, 0.1) is 0 Å². The van der Waals surface area contributed by atoms with Crippen molar-refractivity contribution in [2.24, 2.45) is 0 Å². The van der Waals surface area contributed by atoms with Crippen molar-refractivity contribution in [2.45, 2.75) is 4.90 Å². The van der Waals surface area contributed by atoms with Gasteiger partial charge in [0.25, 0.3) is 0 Å². The summed E-state index contributed by atoms with van der Waals surface area (Å²) in [4.78, 5) is 23.7. The fourth-order valence-corrected chi connectivity index (χ4v) is 3.95. The Balaban J connectivity index is 1.91. The molecular formula is C16H13NO5S2. The number of anilines is 1. The third-order valence-electron chi connectivity index (χ3n) is 3.23. The Labute approximate surface area is 145 Å². The minimum atomic E-state index is -1.29. The number of rotatable bonds is 5. The van der Waals surface area contributed by atoms with Gasteiger partial charge in [0.1, 0.15) is 16.3 Å². The first-order valence-corrected chi connectivity index (χ1v) is 8.43. The molecule has 0 atom stereocenters. The van der Waals surface area contributed by atoms with Crippen molar-refractivity contribution in [3.05, 3.63) is 52.4 Å². The van der Waals surface area contributed by atoms with Gasteiger partial charge < -0.3 is 18.6 Å². The van der Waals surface area contributed by atoms with E-state index in [2.05, 4.69) is 0 Å². The fraction of sp³-hybridized carbons (Fsp3) is 0.125. The molecule has 1 N–H and O–H groups in total. The Kier molecular flexibility index (Phi) is 4.50. The van der Waals surface area contributed by atoms with E-state index in [1.54, 1.807) is 13.2 Å². The summed E-state index contributed by atoms with van der Waals surface area (Å²) in [5.74, 6) is -0.526. The predicted molar refractivity (Wildman–Crippen MR) is 94.6 cm³/mol. The number of aromatic carboxylic acids is 1. The lowest BCUT2D eigenvalue weighted by Crippen LogP contribution is -2.12. The summed E-state index contributed by atoms with van der Waals surface area (Å²) in [6, 6.07) is 10.7. The zero-order valence-electron chi connectivity index (χ0n) is 12.8. The van der Waals surface area contributed by atoms with Crippen LogP contribution in [0.3, 0.4) is 0 Å². The van der Waals surface area contributed by atoms with Gasteiger partial charge in [-0.25, -0.2) is 9.59 Å². The monoisotopic (exact) mass is 363 g/mol. The van der Waals surface area contributed by atoms with Gasteiger partial charge in [-0.05, 0) is 36.2 Å². The maximum atomic E-state index is 11.6. The molecule has 124 valence electrons. The van der Waals surface area contributed by atoms with Crippen LogP contribution in [-0.2, 0) is 0 Å². The average Bonchev–Trinajstić information content (AvgIpc) is 2.97. The maximum absolute atomic E-state index is 11.6. The van der Waals surface area contributed by atoms with Crippen LogP contribution >= 0.6 is 23.3 Å². The first-order chi connectivity index (χ1) is 11.5. The molecular weight excluding hydrogens is 350 g/mol. The summed E-state index contributed by atoms with van der Waals surface area (Å²) >= 11 is 2.84. The van der Waals surface area contributed by atoms with Crippen molar-refractivity contribution >= 4 is 44.5 Å².